The topological polar surface area (TPSA) is 76.7 Å². The van der Waals surface area contributed by atoms with E-state index in [1.807, 2.05) is 24.3 Å². The van der Waals surface area contributed by atoms with E-state index in [-0.39, 0.29) is 5.91 Å². The number of rotatable bonds is 7. The average Bonchev–Trinajstić information content (AvgIpc) is 2.62. The van der Waals surface area contributed by atoms with E-state index in [1.165, 1.54) is 7.11 Å². The van der Waals surface area contributed by atoms with E-state index in [2.05, 4.69) is 15.4 Å². The summed E-state index contributed by atoms with van der Waals surface area (Å²) in [6.07, 6.45) is 0.324. The first kappa shape index (κ1) is 17.3. The molecule has 1 amide bonds. The molecule has 0 radical (unpaired) electrons. The van der Waals surface area contributed by atoms with Gasteiger partial charge < -0.3 is 20.1 Å². The summed E-state index contributed by atoms with van der Waals surface area (Å²) in [6, 6.07) is 14.0. The minimum absolute atomic E-state index is 0.109. The summed E-state index contributed by atoms with van der Waals surface area (Å²) < 4.78 is 9.71. The zero-order chi connectivity index (χ0) is 17.4. The van der Waals surface area contributed by atoms with Crippen LogP contribution in [0.15, 0.2) is 48.5 Å². The predicted molar refractivity (Wildman–Crippen MR) is 92.5 cm³/mol. The number of esters is 1. The summed E-state index contributed by atoms with van der Waals surface area (Å²) in [5.74, 6) is 0.270. The van der Waals surface area contributed by atoms with Gasteiger partial charge in [0.1, 0.15) is 5.75 Å². The molecule has 6 nitrogen and oxygen atoms in total. The van der Waals surface area contributed by atoms with Gasteiger partial charge in [-0.3, -0.25) is 4.79 Å². The Morgan fingerprint density at radius 3 is 2.12 bits per heavy atom. The standard InChI is InChI=1S/C18H20N2O4/c1-23-16-9-7-14(8-10-16)19-12-11-17(21)20-15-5-3-13(4-6-15)18(22)24-2/h3-10,19H,11-12H2,1-2H3,(H,20,21). The molecule has 24 heavy (non-hydrogen) atoms. The smallest absolute Gasteiger partial charge is 0.337 e. The van der Waals surface area contributed by atoms with Crippen molar-refractivity contribution in [3.05, 3.63) is 54.1 Å². The minimum Gasteiger partial charge on any atom is -0.497 e. The van der Waals surface area contributed by atoms with Crippen LogP contribution >= 0.6 is 0 Å². The zero-order valence-electron chi connectivity index (χ0n) is 13.7. The number of amides is 1. The van der Waals surface area contributed by atoms with Crippen molar-refractivity contribution >= 4 is 23.3 Å². The summed E-state index contributed by atoms with van der Waals surface area (Å²) in [4.78, 5) is 23.3. The number of nitrogens with one attached hydrogen (secondary N) is 2. The molecule has 0 saturated heterocycles. The molecule has 2 aromatic rings. The van der Waals surface area contributed by atoms with Gasteiger partial charge in [0.25, 0.3) is 0 Å². The third-order valence-electron chi connectivity index (χ3n) is 3.36. The Kier molecular flexibility index (Phi) is 6.19. The maximum Gasteiger partial charge on any atom is 0.337 e. The number of carbonyl (C=O) groups excluding carboxylic acids is 2. The fourth-order valence-electron chi connectivity index (χ4n) is 2.06. The molecule has 2 N–H and O–H groups in total. The van der Waals surface area contributed by atoms with Crippen LogP contribution in [-0.4, -0.2) is 32.6 Å². The normalized spacial score (nSPS) is 9.92. The molecule has 0 spiro atoms. The van der Waals surface area contributed by atoms with E-state index in [4.69, 9.17) is 4.74 Å². The van der Waals surface area contributed by atoms with Gasteiger partial charge in [-0.05, 0) is 48.5 Å². The SMILES string of the molecule is COC(=O)c1ccc(NC(=O)CCNc2ccc(OC)cc2)cc1. The molecule has 0 bridgehead atoms. The summed E-state index contributed by atoms with van der Waals surface area (Å²) in [5, 5.41) is 5.95. The number of benzene rings is 2. The Balaban J connectivity index is 1.77. The molecule has 0 fully saturated rings. The maximum absolute atomic E-state index is 11.9. The second-order valence-electron chi connectivity index (χ2n) is 5.02. The van der Waals surface area contributed by atoms with E-state index in [9.17, 15) is 9.59 Å². The van der Waals surface area contributed by atoms with Gasteiger partial charge in [-0.15, -0.1) is 0 Å². The van der Waals surface area contributed by atoms with Gasteiger partial charge in [-0.25, -0.2) is 4.79 Å². The van der Waals surface area contributed by atoms with Gasteiger partial charge in [0.2, 0.25) is 5.91 Å². The molecule has 0 aromatic heterocycles. The Morgan fingerprint density at radius 1 is 0.917 bits per heavy atom. The van der Waals surface area contributed by atoms with Crippen molar-refractivity contribution in [1.82, 2.24) is 0 Å². The first-order valence-corrected chi connectivity index (χ1v) is 7.48. The highest BCUT2D eigenvalue weighted by Gasteiger charge is 2.06. The lowest BCUT2D eigenvalue weighted by molar-refractivity contribution is -0.115. The van der Waals surface area contributed by atoms with Crippen molar-refractivity contribution in [3.8, 4) is 5.75 Å². The molecule has 0 aliphatic carbocycles. The quantitative estimate of drug-likeness (QED) is 0.764. The monoisotopic (exact) mass is 328 g/mol. The van der Waals surface area contributed by atoms with E-state index in [1.54, 1.807) is 31.4 Å². The van der Waals surface area contributed by atoms with Gasteiger partial charge in [-0.2, -0.15) is 0 Å². The zero-order valence-corrected chi connectivity index (χ0v) is 13.7. The van der Waals surface area contributed by atoms with Gasteiger partial charge in [-0.1, -0.05) is 0 Å². The molecular formula is C18H20N2O4. The molecule has 2 rings (SSSR count). The van der Waals surface area contributed by atoms with Crippen molar-refractivity contribution in [2.24, 2.45) is 0 Å². The Bertz CT molecular complexity index is 681. The highest BCUT2D eigenvalue weighted by atomic mass is 16.5. The van der Waals surface area contributed by atoms with E-state index < -0.39 is 5.97 Å². The Labute approximate surface area is 140 Å². The highest BCUT2D eigenvalue weighted by Crippen LogP contribution is 2.15. The van der Waals surface area contributed by atoms with Gasteiger partial charge in [0.15, 0.2) is 0 Å². The Morgan fingerprint density at radius 2 is 1.54 bits per heavy atom. The molecule has 126 valence electrons. The van der Waals surface area contributed by atoms with E-state index >= 15 is 0 Å². The second-order valence-corrected chi connectivity index (χ2v) is 5.02. The molecule has 2 aromatic carbocycles. The summed E-state index contributed by atoms with van der Waals surface area (Å²) in [5.41, 5.74) is 2.00. The first-order valence-electron chi connectivity index (χ1n) is 7.48. The van der Waals surface area contributed by atoms with Crippen LogP contribution in [-0.2, 0) is 9.53 Å². The van der Waals surface area contributed by atoms with Gasteiger partial charge >= 0.3 is 5.97 Å². The van der Waals surface area contributed by atoms with Gasteiger partial charge in [0, 0.05) is 24.3 Å². The van der Waals surface area contributed by atoms with Crippen LogP contribution in [0.5, 0.6) is 5.75 Å². The number of methoxy groups -OCH3 is 2. The predicted octanol–water partition coefficient (Wildman–Crippen LogP) is 2.92. The van der Waals surface area contributed by atoms with Crippen molar-refractivity contribution < 1.29 is 19.1 Å². The summed E-state index contributed by atoms with van der Waals surface area (Å²) in [6.45, 7) is 0.512. The van der Waals surface area contributed by atoms with Crippen LogP contribution < -0.4 is 15.4 Å². The van der Waals surface area contributed by atoms with Crippen molar-refractivity contribution in [2.45, 2.75) is 6.42 Å². The number of ether oxygens (including phenoxy) is 2. The third kappa shape index (κ3) is 5.01. The average molecular weight is 328 g/mol. The lowest BCUT2D eigenvalue weighted by atomic mass is 10.2. The van der Waals surface area contributed by atoms with Crippen LogP contribution in [0.2, 0.25) is 0 Å². The largest absolute Gasteiger partial charge is 0.497 e. The second kappa shape index (κ2) is 8.57. The third-order valence-corrected chi connectivity index (χ3v) is 3.36. The summed E-state index contributed by atoms with van der Waals surface area (Å²) in [7, 11) is 2.94. The molecule has 6 heteroatoms. The molecule has 0 aliphatic heterocycles. The van der Waals surface area contributed by atoms with Crippen LogP contribution in [0.1, 0.15) is 16.8 Å². The van der Waals surface area contributed by atoms with Gasteiger partial charge in [0.05, 0.1) is 19.8 Å². The molecule has 0 saturated carbocycles. The molecule has 0 unspecified atom stereocenters. The van der Waals surface area contributed by atoms with Crippen LogP contribution in [0.4, 0.5) is 11.4 Å². The van der Waals surface area contributed by atoms with Crippen molar-refractivity contribution in [2.75, 3.05) is 31.4 Å². The Hall–Kier alpha value is -3.02. The number of anilines is 2. The minimum atomic E-state index is -0.406. The number of hydrogen-bond donors (Lipinski definition) is 2. The fourth-order valence-corrected chi connectivity index (χ4v) is 2.06. The summed E-state index contributed by atoms with van der Waals surface area (Å²) >= 11 is 0. The fraction of sp³-hybridized carbons (Fsp3) is 0.222. The molecule has 0 aliphatic rings. The lowest BCUT2D eigenvalue weighted by Crippen LogP contribution is -2.16. The number of hydrogen-bond acceptors (Lipinski definition) is 5. The highest BCUT2D eigenvalue weighted by molar-refractivity contribution is 5.93. The first-order chi connectivity index (χ1) is 11.6. The molecular weight excluding hydrogens is 308 g/mol. The molecule has 0 atom stereocenters. The molecule has 0 heterocycles. The number of carbonyl (C=O) groups is 2. The van der Waals surface area contributed by atoms with Crippen molar-refractivity contribution in [1.29, 1.82) is 0 Å². The van der Waals surface area contributed by atoms with E-state index in [0.717, 1.165) is 11.4 Å². The van der Waals surface area contributed by atoms with Crippen LogP contribution in [0.25, 0.3) is 0 Å². The van der Waals surface area contributed by atoms with Crippen LogP contribution in [0, 0.1) is 0 Å². The lowest BCUT2D eigenvalue weighted by Gasteiger charge is -2.08. The van der Waals surface area contributed by atoms with Crippen molar-refractivity contribution in [3.63, 3.8) is 0 Å². The van der Waals surface area contributed by atoms with E-state index in [0.29, 0.717) is 24.2 Å². The van der Waals surface area contributed by atoms with Crippen LogP contribution in [0.3, 0.4) is 0 Å². The maximum atomic E-state index is 11.9.